The number of carbonyl (C=O) groups is 1. The maximum Gasteiger partial charge on any atom is 0.339 e. The minimum Gasteiger partial charge on any atom is -0.478 e. The van der Waals surface area contributed by atoms with Gasteiger partial charge in [0.1, 0.15) is 5.56 Å². The van der Waals surface area contributed by atoms with Crippen molar-refractivity contribution in [2.75, 3.05) is 6.26 Å². The highest BCUT2D eigenvalue weighted by Crippen LogP contribution is 2.34. The Morgan fingerprint density at radius 1 is 1.57 bits per heavy atom. The lowest BCUT2D eigenvalue weighted by molar-refractivity contribution is -0.384. The van der Waals surface area contributed by atoms with Crippen LogP contribution >= 0.6 is 11.8 Å². The molecule has 0 radical (unpaired) electrons. The average molecular weight is 316 g/mol. The number of hydrogen-bond donors (Lipinski definition) is 2. The Kier molecular flexibility index (Phi) is 5.14. The van der Waals surface area contributed by atoms with Gasteiger partial charge in [-0.1, -0.05) is 11.8 Å². The molecule has 1 rings (SSSR count). The number of amidine groups is 1. The lowest BCUT2D eigenvalue weighted by Gasteiger charge is -2.05. The lowest BCUT2D eigenvalue weighted by Crippen LogP contribution is -2.13. The Balaban J connectivity index is 3.65. The highest BCUT2D eigenvalue weighted by atomic mass is 32.2. The topological polar surface area (TPSA) is 129 Å². The Morgan fingerprint density at radius 2 is 2.19 bits per heavy atom. The normalized spacial score (nSPS) is 10.9. The summed E-state index contributed by atoms with van der Waals surface area (Å²) in [4.78, 5) is 23.9. The monoisotopic (exact) mass is 316 g/mol. The molecule has 0 amide bonds. The average Bonchev–Trinajstić information content (AvgIpc) is 2.42. The molecule has 0 bridgehead atoms. The summed E-state index contributed by atoms with van der Waals surface area (Å²) in [6.45, 7) is 0. The summed E-state index contributed by atoms with van der Waals surface area (Å²) in [5.41, 5.74) is -3.22. The molecule has 0 atom stereocenters. The third kappa shape index (κ3) is 3.42. The van der Waals surface area contributed by atoms with Crippen LogP contribution in [-0.2, 0) is 0 Å². The molecule has 2 N–H and O–H groups in total. The second-order valence-electron chi connectivity index (χ2n) is 3.34. The van der Waals surface area contributed by atoms with Gasteiger partial charge in [-0.25, -0.2) is 18.6 Å². The van der Waals surface area contributed by atoms with Crippen molar-refractivity contribution in [2.45, 2.75) is 0 Å². The molecule has 0 aromatic heterocycles. The highest BCUT2D eigenvalue weighted by molar-refractivity contribution is 8.13. The van der Waals surface area contributed by atoms with Crippen molar-refractivity contribution in [2.24, 2.45) is 4.99 Å². The first-order chi connectivity index (χ1) is 9.83. The van der Waals surface area contributed by atoms with E-state index in [1.165, 1.54) is 12.4 Å². The summed E-state index contributed by atoms with van der Waals surface area (Å²) >= 11 is 0.823. The van der Waals surface area contributed by atoms with Gasteiger partial charge in [0.15, 0.2) is 28.7 Å². The molecule has 0 aliphatic rings. The van der Waals surface area contributed by atoms with E-state index in [4.69, 9.17) is 10.4 Å². The number of rotatable bonds is 3. The number of halogens is 2. The van der Waals surface area contributed by atoms with Crippen LogP contribution in [0.4, 0.5) is 20.2 Å². The summed E-state index contributed by atoms with van der Waals surface area (Å²) in [5, 5.41) is 29.8. The van der Waals surface area contributed by atoms with E-state index in [-0.39, 0.29) is 5.17 Å². The summed E-state index contributed by atoms with van der Waals surface area (Å²) < 4.78 is 27.4. The van der Waals surface area contributed by atoms with E-state index in [2.05, 4.69) is 4.99 Å². The predicted molar refractivity (Wildman–Crippen MR) is 69.3 cm³/mol. The van der Waals surface area contributed by atoms with Crippen molar-refractivity contribution in [3.63, 3.8) is 0 Å². The third-order valence-electron chi connectivity index (χ3n) is 2.16. The van der Waals surface area contributed by atoms with Crippen LogP contribution in [0.5, 0.6) is 0 Å². The number of nitriles is 1. The molecule has 1 aromatic rings. The van der Waals surface area contributed by atoms with Crippen LogP contribution in [0.15, 0.2) is 11.1 Å². The number of aromatic carboxylic acids is 1. The Hall–Kier alpha value is -2.74. The molecule has 0 aliphatic heterocycles. The van der Waals surface area contributed by atoms with E-state index >= 15 is 0 Å². The molecular weight excluding hydrogens is 310 g/mol. The molecule has 110 valence electrons. The number of nitrogens with one attached hydrogen (secondary N) is 1. The van der Waals surface area contributed by atoms with Gasteiger partial charge in [-0.15, -0.1) is 0 Å². The number of aliphatic imine (C=N–C) groups is 1. The van der Waals surface area contributed by atoms with Crippen molar-refractivity contribution in [3.8, 4) is 6.19 Å². The van der Waals surface area contributed by atoms with Crippen molar-refractivity contribution >= 4 is 34.3 Å². The summed E-state index contributed by atoms with van der Waals surface area (Å²) in [6.07, 6.45) is 2.91. The van der Waals surface area contributed by atoms with E-state index in [0.29, 0.717) is 6.07 Å². The standard InChI is InChI=1S/C10H6F2N4O4S/c1-21-10(14-3-13)15-8-5(16(19)20)2-4(9(17)18)6(11)7(8)12/h2H,1H3,(H,14,15)(H,17,18). The number of nitro benzene ring substituents is 1. The van der Waals surface area contributed by atoms with Gasteiger partial charge in [-0.05, 0) is 6.26 Å². The fraction of sp³-hybridized carbons (Fsp3) is 0.100. The Bertz CT molecular complexity index is 687. The second kappa shape index (κ2) is 6.62. The van der Waals surface area contributed by atoms with Gasteiger partial charge in [0.05, 0.1) is 4.92 Å². The van der Waals surface area contributed by atoms with E-state index in [9.17, 15) is 23.7 Å². The quantitative estimate of drug-likeness (QED) is 0.218. The van der Waals surface area contributed by atoms with Crippen molar-refractivity contribution in [1.82, 2.24) is 5.32 Å². The summed E-state index contributed by atoms with van der Waals surface area (Å²) in [5.74, 6) is -5.41. The zero-order valence-electron chi connectivity index (χ0n) is 10.3. The van der Waals surface area contributed by atoms with Gasteiger partial charge in [-0.3, -0.25) is 15.4 Å². The number of nitrogens with zero attached hydrogens (tertiary/aromatic N) is 3. The molecule has 0 spiro atoms. The van der Waals surface area contributed by atoms with Crippen LogP contribution in [0, 0.1) is 33.2 Å². The minimum absolute atomic E-state index is 0.220. The van der Waals surface area contributed by atoms with Crippen molar-refractivity contribution in [3.05, 3.63) is 33.4 Å². The van der Waals surface area contributed by atoms with Crippen molar-refractivity contribution < 1.29 is 23.6 Å². The molecule has 0 aliphatic carbocycles. The number of thioether (sulfide) groups is 1. The summed E-state index contributed by atoms with van der Waals surface area (Å²) in [7, 11) is 0. The highest BCUT2D eigenvalue weighted by Gasteiger charge is 2.28. The van der Waals surface area contributed by atoms with Crippen LogP contribution in [0.25, 0.3) is 0 Å². The van der Waals surface area contributed by atoms with Crippen LogP contribution in [0.3, 0.4) is 0 Å². The van der Waals surface area contributed by atoms with Gasteiger partial charge in [0.25, 0.3) is 5.69 Å². The molecule has 0 saturated carbocycles. The molecule has 0 unspecified atom stereocenters. The van der Waals surface area contributed by atoms with Crippen molar-refractivity contribution in [1.29, 1.82) is 5.26 Å². The SMILES string of the molecule is CSC(=Nc1c([N+](=O)[O-])cc(C(=O)O)c(F)c1F)NC#N. The van der Waals surface area contributed by atoms with Crippen LogP contribution in [0.2, 0.25) is 0 Å². The van der Waals surface area contributed by atoms with Gasteiger partial charge in [0.2, 0.25) is 0 Å². The number of carboxylic acid groups (broad SMARTS) is 1. The van der Waals surface area contributed by atoms with E-state index < -0.39 is 39.5 Å². The third-order valence-corrected chi connectivity index (χ3v) is 2.74. The molecular formula is C10H6F2N4O4S. The summed E-state index contributed by atoms with van der Waals surface area (Å²) in [6, 6.07) is 0.365. The van der Waals surface area contributed by atoms with Gasteiger partial charge in [0, 0.05) is 6.07 Å². The molecule has 11 heteroatoms. The van der Waals surface area contributed by atoms with E-state index in [0.717, 1.165) is 11.8 Å². The smallest absolute Gasteiger partial charge is 0.339 e. The van der Waals surface area contributed by atoms with Crippen LogP contribution < -0.4 is 5.32 Å². The van der Waals surface area contributed by atoms with E-state index in [1.807, 2.05) is 5.32 Å². The zero-order valence-corrected chi connectivity index (χ0v) is 11.1. The second-order valence-corrected chi connectivity index (χ2v) is 4.13. The fourth-order valence-electron chi connectivity index (χ4n) is 1.28. The lowest BCUT2D eigenvalue weighted by atomic mass is 10.1. The minimum atomic E-state index is -1.86. The molecule has 0 heterocycles. The maximum atomic E-state index is 13.8. The molecule has 0 fully saturated rings. The number of nitro groups is 1. The number of benzene rings is 1. The predicted octanol–water partition coefficient (Wildman–Crippen LogP) is 1.99. The van der Waals surface area contributed by atoms with Crippen LogP contribution in [0.1, 0.15) is 10.4 Å². The first-order valence-electron chi connectivity index (χ1n) is 5.00. The molecule has 0 saturated heterocycles. The number of carboxylic acids is 1. The van der Waals surface area contributed by atoms with Gasteiger partial charge < -0.3 is 5.11 Å². The Morgan fingerprint density at radius 3 is 2.62 bits per heavy atom. The van der Waals surface area contributed by atoms with E-state index in [1.54, 1.807) is 0 Å². The molecule has 8 nitrogen and oxygen atoms in total. The first-order valence-corrected chi connectivity index (χ1v) is 6.23. The zero-order chi connectivity index (χ0) is 16.2. The van der Waals surface area contributed by atoms with Gasteiger partial charge in [-0.2, -0.15) is 5.26 Å². The van der Waals surface area contributed by atoms with Gasteiger partial charge >= 0.3 is 5.97 Å². The van der Waals surface area contributed by atoms with Crippen LogP contribution in [-0.4, -0.2) is 27.4 Å². The first kappa shape index (κ1) is 16.3. The molecule has 21 heavy (non-hydrogen) atoms. The number of hydrogen-bond acceptors (Lipinski definition) is 6. The molecule has 1 aromatic carbocycles. The Labute approximate surface area is 120 Å². The maximum absolute atomic E-state index is 13.8. The largest absolute Gasteiger partial charge is 0.478 e. The fourth-order valence-corrected chi connectivity index (χ4v) is 1.61.